The van der Waals surface area contributed by atoms with Crippen molar-refractivity contribution in [1.29, 1.82) is 0 Å². The molecule has 1 aliphatic carbocycles. The lowest BCUT2D eigenvalue weighted by Crippen LogP contribution is -2.45. The summed E-state index contributed by atoms with van der Waals surface area (Å²) in [5.41, 5.74) is -0.0501. The molecule has 26 heavy (non-hydrogen) atoms. The van der Waals surface area contributed by atoms with Gasteiger partial charge in [0.05, 0.1) is 10.6 Å². The first-order chi connectivity index (χ1) is 12.1. The minimum atomic E-state index is -4.07. The predicted octanol–water partition coefficient (Wildman–Crippen LogP) is 2.09. The number of sulfonamides is 1. The minimum absolute atomic E-state index is 0.0501. The average Bonchev–Trinajstić information content (AvgIpc) is 2.56. The fourth-order valence-electron chi connectivity index (χ4n) is 3.10. The summed E-state index contributed by atoms with van der Waals surface area (Å²) < 4.78 is 27.9. The van der Waals surface area contributed by atoms with Gasteiger partial charge in [-0.05, 0) is 36.5 Å². The van der Waals surface area contributed by atoms with Crippen molar-refractivity contribution in [3.05, 3.63) is 28.8 Å². The number of benzene rings is 1. The lowest BCUT2D eigenvalue weighted by atomic mass is 9.78. The van der Waals surface area contributed by atoms with Gasteiger partial charge in [-0.3, -0.25) is 4.79 Å². The van der Waals surface area contributed by atoms with Crippen molar-refractivity contribution in [3.63, 3.8) is 0 Å². The molecule has 0 spiro atoms. The summed E-state index contributed by atoms with van der Waals surface area (Å²) in [6.45, 7) is 3.82. The number of carbonyl (C=O) groups is 2. The second-order valence-corrected chi connectivity index (χ2v) is 8.64. The number of hydrogen-bond donors (Lipinski definition) is 2. The van der Waals surface area contributed by atoms with Crippen molar-refractivity contribution in [3.8, 4) is 0 Å². The van der Waals surface area contributed by atoms with Crippen LogP contribution in [0.4, 0.5) is 0 Å². The first-order valence-electron chi connectivity index (χ1n) is 8.38. The molecule has 144 valence electrons. The Morgan fingerprint density at radius 1 is 1.31 bits per heavy atom. The average molecular weight is 403 g/mol. The van der Waals surface area contributed by atoms with Gasteiger partial charge in [-0.15, -0.1) is 0 Å². The zero-order valence-electron chi connectivity index (χ0n) is 14.7. The highest BCUT2D eigenvalue weighted by Crippen LogP contribution is 2.29. The summed E-state index contributed by atoms with van der Waals surface area (Å²) in [6, 6.07) is 3.64. The Morgan fingerprint density at radius 3 is 2.65 bits per heavy atom. The van der Waals surface area contributed by atoms with Crippen molar-refractivity contribution in [1.82, 2.24) is 5.32 Å². The normalized spacial score (nSPS) is 23.3. The maximum atomic E-state index is 12.1. The second kappa shape index (κ2) is 8.37. The monoisotopic (exact) mass is 402 g/mol. The molecule has 1 amide bonds. The van der Waals surface area contributed by atoms with Gasteiger partial charge in [0.25, 0.3) is 5.91 Å². The summed E-state index contributed by atoms with van der Waals surface area (Å²) in [7, 11) is -4.07. The van der Waals surface area contributed by atoms with Crippen LogP contribution in [0.3, 0.4) is 0 Å². The molecular weight excluding hydrogens is 380 g/mol. The van der Waals surface area contributed by atoms with Crippen LogP contribution in [0.1, 0.15) is 43.5 Å². The highest BCUT2D eigenvalue weighted by atomic mass is 35.5. The van der Waals surface area contributed by atoms with Crippen LogP contribution in [0.25, 0.3) is 0 Å². The van der Waals surface area contributed by atoms with Gasteiger partial charge in [-0.1, -0.05) is 38.3 Å². The molecule has 0 radical (unpaired) electrons. The van der Waals surface area contributed by atoms with Gasteiger partial charge in [0.1, 0.15) is 4.90 Å². The highest BCUT2D eigenvalue weighted by molar-refractivity contribution is 7.89. The van der Waals surface area contributed by atoms with Gasteiger partial charge in [0, 0.05) is 6.04 Å². The van der Waals surface area contributed by atoms with Gasteiger partial charge < -0.3 is 10.1 Å². The fourth-order valence-corrected chi connectivity index (χ4v) is 4.17. The van der Waals surface area contributed by atoms with E-state index >= 15 is 0 Å². The number of esters is 1. The second-order valence-electron chi connectivity index (χ2n) is 6.71. The molecule has 1 saturated carbocycles. The number of nitrogens with two attached hydrogens (primary N) is 1. The topological polar surface area (TPSA) is 116 Å². The summed E-state index contributed by atoms with van der Waals surface area (Å²) >= 11 is 5.77. The Kier molecular flexibility index (Phi) is 6.65. The van der Waals surface area contributed by atoms with Crippen LogP contribution in [0, 0.1) is 11.8 Å². The van der Waals surface area contributed by atoms with E-state index in [4.69, 9.17) is 21.5 Å². The molecule has 1 fully saturated rings. The molecule has 0 saturated heterocycles. The predicted molar refractivity (Wildman–Crippen MR) is 97.2 cm³/mol. The van der Waals surface area contributed by atoms with Crippen LogP contribution >= 0.6 is 11.6 Å². The molecular formula is C17H23ClN2O5S. The van der Waals surface area contributed by atoms with Crippen LogP contribution in [-0.2, 0) is 19.6 Å². The molecule has 7 nitrogen and oxygen atoms in total. The van der Waals surface area contributed by atoms with Gasteiger partial charge in [0.15, 0.2) is 6.61 Å². The zero-order chi connectivity index (χ0) is 19.5. The van der Waals surface area contributed by atoms with Crippen molar-refractivity contribution in [2.45, 2.75) is 44.0 Å². The van der Waals surface area contributed by atoms with Gasteiger partial charge in [-0.2, -0.15) is 0 Å². The summed E-state index contributed by atoms with van der Waals surface area (Å²) in [6.07, 6.45) is 3.10. The van der Waals surface area contributed by atoms with E-state index in [0.29, 0.717) is 11.8 Å². The first kappa shape index (κ1) is 20.7. The smallest absolute Gasteiger partial charge is 0.338 e. The quantitative estimate of drug-likeness (QED) is 0.731. The van der Waals surface area contributed by atoms with Crippen molar-refractivity contribution < 1.29 is 22.7 Å². The molecule has 3 N–H and O–H groups in total. The number of ether oxygens (including phenoxy) is 1. The van der Waals surface area contributed by atoms with E-state index in [1.54, 1.807) is 0 Å². The van der Waals surface area contributed by atoms with E-state index in [1.807, 2.05) is 0 Å². The summed E-state index contributed by atoms with van der Waals surface area (Å²) in [4.78, 5) is 23.7. The van der Waals surface area contributed by atoms with Crippen molar-refractivity contribution >= 4 is 33.5 Å². The Bertz CT molecular complexity index is 796. The Hall–Kier alpha value is -1.64. The molecule has 9 heteroatoms. The molecule has 0 aromatic heterocycles. The number of amides is 1. The van der Waals surface area contributed by atoms with Gasteiger partial charge in [-0.25, -0.2) is 18.4 Å². The molecule has 1 aliphatic rings. The lowest BCUT2D eigenvalue weighted by Gasteiger charge is -2.34. The number of carbonyl (C=O) groups excluding carboxylic acids is 2. The van der Waals surface area contributed by atoms with Crippen LogP contribution in [0.15, 0.2) is 23.1 Å². The molecule has 0 aliphatic heterocycles. The van der Waals surface area contributed by atoms with Crippen LogP contribution in [0.5, 0.6) is 0 Å². The first-order valence-corrected chi connectivity index (χ1v) is 10.3. The maximum absolute atomic E-state index is 12.1. The van der Waals surface area contributed by atoms with E-state index in [0.717, 1.165) is 25.3 Å². The van der Waals surface area contributed by atoms with E-state index in [9.17, 15) is 18.0 Å². The third-order valence-electron chi connectivity index (χ3n) is 4.86. The minimum Gasteiger partial charge on any atom is -0.452 e. The number of hydrogen-bond acceptors (Lipinski definition) is 5. The van der Waals surface area contributed by atoms with E-state index < -0.39 is 22.6 Å². The van der Waals surface area contributed by atoms with E-state index in [2.05, 4.69) is 19.2 Å². The molecule has 1 aromatic rings. The summed E-state index contributed by atoms with van der Waals surface area (Å²) in [5, 5.41) is 7.85. The SMILES string of the molecule is C[C@@H]1[C@H](C)CCC[C@@H]1NC(=O)COC(=O)c1ccc(Cl)c(S(N)(=O)=O)c1. The Balaban J connectivity index is 1.95. The third-order valence-corrected chi connectivity index (χ3v) is 6.25. The molecule has 0 heterocycles. The van der Waals surface area contributed by atoms with Crippen molar-refractivity contribution in [2.24, 2.45) is 17.0 Å². The maximum Gasteiger partial charge on any atom is 0.338 e. The molecule has 2 rings (SSSR count). The number of primary sulfonamides is 1. The van der Waals surface area contributed by atoms with Crippen LogP contribution in [-0.4, -0.2) is 32.9 Å². The number of halogens is 1. The fraction of sp³-hybridized carbons (Fsp3) is 0.529. The molecule has 0 unspecified atom stereocenters. The Labute approximate surface area is 158 Å². The highest BCUT2D eigenvalue weighted by Gasteiger charge is 2.28. The van der Waals surface area contributed by atoms with E-state index in [1.165, 1.54) is 12.1 Å². The lowest BCUT2D eigenvalue weighted by molar-refractivity contribution is -0.125. The molecule has 3 atom stereocenters. The molecule has 0 bridgehead atoms. The molecule has 1 aromatic carbocycles. The standard InChI is InChI=1S/C17H23ClN2O5S/c1-10-4-3-5-14(11(10)2)20-16(21)9-25-17(22)12-6-7-13(18)15(8-12)26(19,23)24/h6-8,10-11,14H,3-5,9H2,1-2H3,(H,20,21)(H2,19,23,24)/t10-,11-,14+/m1/s1. The largest absolute Gasteiger partial charge is 0.452 e. The zero-order valence-corrected chi connectivity index (χ0v) is 16.3. The third kappa shape index (κ3) is 5.18. The number of nitrogens with one attached hydrogen (secondary N) is 1. The Morgan fingerprint density at radius 2 is 2.00 bits per heavy atom. The van der Waals surface area contributed by atoms with Crippen LogP contribution in [0.2, 0.25) is 5.02 Å². The summed E-state index contributed by atoms with van der Waals surface area (Å²) in [5.74, 6) is -0.323. The van der Waals surface area contributed by atoms with Gasteiger partial charge in [0.2, 0.25) is 10.0 Å². The van der Waals surface area contributed by atoms with Crippen molar-refractivity contribution in [2.75, 3.05) is 6.61 Å². The van der Waals surface area contributed by atoms with E-state index in [-0.39, 0.29) is 27.4 Å². The number of rotatable bonds is 5. The van der Waals surface area contributed by atoms with Gasteiger partial charge >= 0.3 is 5.97 Å². The van der Waals surface area contributed by atoms with Crippen LogP contribution < -0.4 is 10.5 Å².